The summed E-state index contributed by atoms with van der Waals surface area (Å²) in [5.41, 5.74) is 2.61. The van der Waals surface area contributed by atoms with Crippen molar-refractivity contribution in [3.8, 4) is 5.75 Å². The molecule has 1 unspecified atom stereocenters. The number of benzene rings is 1. The minimum absolute atomic E-state index is 0.0617. The van der Waals surface area contributed by atoms with Crippen LogP contribution in [-0.4, -0.2) is 40.2 Å². The second-order valence-electron chi connectivity index (χ2n) is 8.12. The Morgan fingerprint density at radius 1 is 1.29 bits per heavy atom. The molecule has 0 spiro atoms. The summed E-state index contributed by atoms with van der Waals surface area (Å²) in [5, 5.41) is 0. The number of hydrogen-bond acceptors (Lipinski definition) is 6. The van der Waals surface area contributed by atoms with Crippen LogP contribution in [0, 0.1) is 11.7 Å². The number of halogens is 1. The number of aromatic nitrogens is 2. The summed E-state index contributed by atoms with van der Waals surface area (Å²) in [7, 11) is 0. The van der Waals surface area contributed by atoms with E-state index in [2.05, 4.69) is 19.9 Å². The molecule has 0 radical (unpaired) electrons. The van der Waals surface area contributed by atoms with Crippen molar-refractivity contribution in [2.45, 2.75) is 38.7 Å². The summed E-state index contributed by atoms with van der Waals surface area (Å²) in [6.45, 7) is 5.10. The van der Waals surface area contributed by atoms with Gasteiger partial charge in [-0.05, 0) is 39.2 Å². The molecule has 6 nitrogen and oxygen atoms in total. The van der Waals surface area contributed by atoms with Crippen LogP contribution in [0.1, 0.15) is 44.4 Å². The Balaban J connectivity index is 1.40. The van der Waals surface area contributed by atoms with Gasteiger partial charge < -0.3 is 9.64 Å². The van der Waals surface area contributed by atoms with Crippen molar-refractivity contribution in [3.05, 3.63) is 41.6 Å². The molecule has 1 saturated heterocycles. The lowest BCUT2D eigenvalue weighted by Gasteiger charge is -2.22. The molecule has 0 bridgehead atoms. The zero-order chi connectivity index (χ0) is 19.5. The van der Waals surface area contributed by atoms with E-state index in [4.69, 9.17) is 4.74 Å². The van der Waals surface area contributed by atoms with Crippen LogP contribution in [0.4, 0.5) is 15.9 Å². The van der Waals surface area contributed by atoms with Crippen molar-refractivity contribution in [1.29, 1.82) is 0 Å². The average Bonchev–Trinajstić information content (AvgIpc) is 3.18. The molecule has 144 valence electrons. The first-order valence-electron chi connectivity index (χ1n) is 9.61. The van der Waals surface area contributed by atoms with E-state index in [1.807, 2.05) is 13.0 Å². The average molecular weight is 380 g/mol. The quantitative estimate of drug-likeness (QED) is 0.678. The summed E-state index contributed by atoms with van der Waals surface area (Å²) < 4.78 is 20.1. The molecule has 2 aromatic rings. The van der Waals surface area contributed by atoms with Gasteiger partial charge in [-0.15, -0.1) is 0 Å². The lowest BCUT2D eigenvalue weighted by Crippen LogP contribution is -2.24. The molecule has 1 saturated carbocycles. The number of carbonyl (C=O) groups excluding carboxylic acids is 1. The normalized spacial score (nSPS) is 21.6. The van der Waals surface area contributed by atoms with Crippen molar-refractivity contribution < 1.29 is 13.9 Å². The fourth-order valence-corrected chi connectivity index (χ4v) is 3.72. The van der Waals surface area contributed by atoms with Gasteiger partial charge in [0.2, 0.25) is 0 Å². The summed E-state index contributed by atoms with van der Waals surface area (Å²) >= 11 is 0. The van der Waals surface area contributed by atoms with Crippen LogP contribution in [-0.2, 0) is 4.79 Å². The number of hydrogen-bond donors (Lipinski definition) is 0. The Labute approximate surface area is 162 Å². The van der Waals surface area contributed by atoms with Crippen molar-refractivity contribution in [1.82, 2.24) is 9.97 Å². The third-order valence-electron chi connectivity index (χ3n) is 5.83. The number of nitrogens with zero attached hydrogens (tertiary/aromatic N) is 4. The lowest BCUT2D eigenvalue weighted by atomic mass is 9.98. The van der Waals surface area contributed by atoms with Gasteiger partial charge in [0.1, 0.15) is 23.5 Å². The number of ether oxygens (including phenoxy) is 1. The third kappa shape index (κ3) is 2.95. The van der Waals surface area contributed by atoms with Crippen LogP contribution < -0.4 is 9.64 Å². The van der Waals surface area contributed by atoms with E-state index in [1.54, 1.807) is 13.0 Å². The van der Waals surface area contributed by atoms with Crippen LogP contribution in [0.3, 0.4) is 0 Å². The van der Waals surface area contributed by atoms with Gasteiger partial charge in [0.05, 0.1) is 17.1 Å². The van der Waals surface area contributed by atoms with E-state index in [9.17, 15) is 9.18 Å². The van der Waals surface area contributed by atoms with Crippen molar-refractivity contribution >= 4 is 23.0 Å². The summed E-state index contributed by atoms with van der Waals surface area (Å²) in [6, 6.07) is 5.02. The number of ketones is 1. The Morgan fingerprint density at radius 2 is 2.11 bits per heavy atom. The highest BCUT2D eigenvalue weighted by molar-refractivity contribution is 6.21. The Morgan fingerprint density at radius 3 is 2.82 bits per heavy atom. The third-order valence-corrected chi connectivity index (χ3v) is 5.83. The lowest BCUT2D eigenvalue weighted by molar-refractivity contribution is -0.120. The maximum Gasteiger partial charge on any atom is 0.167 e. The first-order valence-corrected chi connectivity index (χ1v) is 9.61. The van der Waals surface area contributed by atoms with Crippen LogP contribution in [0.2, 0.25) is 0 Å². The summed E-state index contributed by atoms with van der Waals surface area (Å²) in [4.78, 5) is 26.9. The number of anilines is 1. The van der Waals surface area contributed by atoms with E-state index in [0.29, 0.717) is 23.6 Å². The second kappa shape index (κ2) is 6.09. The maximum atomic E-state index is 14.3. The van der Waals surface area contributed by atoms with Crippen molar-refractivity contribution in [2.24, 2.45) is 10.9 Å². The largest absolute Gasteiger partial charge is 0.484 e. The monoisotopic (exact) mass is 380 g/mol. The van der Waals surface area contributed by atoms with Gasteiger partial charge >= 0.3 is 0 Å². The standard InChI is InChI=1S/C21H21FN4O2/c1-12(27)13-3-6-26(10-13)19-9-17(23-11-24-19)20-14-7-18(28-21(2)4-5-21)15(22)8-16(14)25-20/h7-9,11,13H,3-6,10H2,1-2H3. The summed E-state index contributed by atoms with van der Waals surface area (Å²) in [5.74, 6) is 0.947. The molecule has 0 amide bonds. The zero-order valence-corrected chi connectivity index (χ0v) is 15.9. The fourth-order valence-electron chi connectivity index (χ4n) is 3.72. The Bertz CT molecular complexity index is 1020. The number of rotatable bonds is 5. The maximum absolute atomic E-state index is 14.3. The zero-order valence-electron chi connectivity index (χ0n) is 15.9. The molecule has 3 heterocycles. The van der Waals surface area contributed by atoms with Crippen LogP contribution in [0.5, 0.6) is 5.75 Å². The molecule has 7 heteroatoms. The van der Waals surface area contributed by atoms with E-state index in [-0.39, 0.29) is 28.9 Å². The smallest absolute Gasteiger partial charge is 0.167 e. The van der Waals surface area contributed by atoms with E-state index >= 15 is 0 Å². The van der Waals surface area contributed by atoms with E-state index in [0.717, 1.165) is 37.2 Å². The van der Waals surface area contributed by atoms with Crippen molar-refractivity contribution in [2.75, 3.05) is 18.0 Å². The summed E-state index contributed by atoms with van der Waals surface area (Å²) in [6.07, 6.45) is 4.24. The molecule has 2 fully saturated rings. The van der Waals surface area contributed by atoms with Crippen LogP contribution in [0.25, 0.3) is 0 Å². The van der Waals surface area contributed by atoms with Gasteiger partial charge in [0.15, 0.2) is 11.6 Å². The first-order chi connectivity index (χ1) is 13.4. The van der Waals surface area contributed by atoms with Gasteiger partial charge in [0, 0.05) is 36.7 Å². The van der Waals surface area contributed by atoms with Gasteiger partial charge in [-0.2, -0.15) is 0 Å². The molecule has 1 aromatic heterocycles. The predicted octanol–water partition coefficient (Wildman–Crippen LogP) is 3.44. The van der Waals surface area contributed by atoms with Gasteiger partial charge in [-0.3, -0.25) is 4.79 Å². The molecule has 3 aliphatic rings. The highest BCUT2D eigenvalue weighted by Crippen LogP contribution is 2.43. The predicted molar refractivity (Wildman–Crippen MR) is 103 cm³/mol. The molecular formula is C21H21FN4O2. The molecule has 1 aliphatic carbocycles. The minimum atomic E-state index is -0.384. The van der Waals surface area contributed by atoms with Crippen molar-refractivity contribution in [3.63, 3.8) is 0 Å². The Hall–Kier alpha value is -2.83. The van der Waals surface area contributed by atoms with Crippen LogP contribution in [0.15, 0.2) is 29.5 Å². The first kappa shape index (κ1) is 17.3. The number of carbonyl (C=O) groups is 1. The topological polar surface area (TPSA) is 67.7 Å². The second-order valence-corrected chi connectivity index (χ2v) is 8.12. The van der Waals surface area contributed by atoms with Gasteiger partial charge in [-0.25, -0.2) is 19.4 Å². The molecular weight excluding hydrogens is 359 g/mol. The highest BCUT2D eigenvalue weighted by Gasteiger charge is 2.41. The molecule has 1 aromatic carbocycles. The van der Waals surface area contributed by atoms with E-state index in [1.165, 1.54) is 12.4 Å². The number of Topliss-reactive ketones (excluding diaryl/α,β-unsaturated/α-hetero) is 1. The Kier molecular flexibility index (Phi) is 3.76. The minimum Gasteiger partial charge on any atom is -0.484 e. The molecule has 0 N–H and O–H groups in total. The van der Waals surface area contributed by atoms with Gasteiger partial charge in [0.25, 0.3) is 0 Å². The molecule has 28 heavy (non-hydrogen) atoms. The van der Waals surface area contributed by atoms with Crippen LogP contribution >= 0.6 is 0 Å². The molecule has 5 rings (SSSR count). The SMILES string of the molecule is CC(=O)C1CCN(c2cc(C3=Nc4cc(F)c(OC5(C)CC5)cc43)ncn2)C1. The van der Waals surface area contributed by atoms with E-state index < -0.39 is 0 Å². The number of fused-ring (bicyclic) bond motifs is 1. The fraction of sp³-hybridized carbons (Fsp3) is 0.429. The van der Waals surface area contributed by atoms with Gasteiger partial charge in [-0.1, -0.05) is 0 Å². The highest BCUT2D eigenvalue weighted by atomic mass is 19.1. The number of aliphatic imine (C=N–C) groups is 1. The molecule has 1 atom stereocenters. The molecule has 2 aliphatic heterocycles.